The maximum atomic E-state index is 11.5. The number of carbonyl (C=O) groups excluding carboxylic acids is 1. The molecule has 0 unspecified atom stereocenters. The van der Waals surface area contributed by atoms with Crippen LogP contribution in [0.5, 0.6) is 5.75 Å². The van der Waals surface area contributed by atoms with Crippen LogP contribution >= 0.6 is 0 Å². The molecule has 0 N–H and O–H groups in total. The summed E-state index contributed by atoms with van der Waals surface area (Å²) in [5, 5.41) is 4.34. The summed E-state index contributed by atoms with van der Waals surface area (Å²) >= 11 is 0. The first kappa shape index (κ1) is 15.8. The number of amides is 1. The van der Waals surface area contributed by atoms with Gasteiger partial charge in [0.15, 0.2) is 0 Å². The van der Waals surface area contributed by atoms with Crippen molar-refractivity contribution in [3.63, 3.8) is 0 Å². The van der Waals surface area contributed by atoms with Crippen molar-refractivity contribution in [1.82, 2.24) is 14.5 Å². The van der Waals surface area contributed by atoms with Gasteiger partial charge in [0.2, 0.25) is 5.91 Å². The molecule has 2 aromatic heterocycles. The Morgan fingerprint density at radius 3 is 3.04 bits per heavy atom. The van der Waals surface area contributed by atoms with Crippen molar-refractivity contribution in [2.24, 2.45) is 0 Å². The van der Waals surface area contributed by atoms with Gasteiger partial charge in [0.25, 0.3) is 0 Å². The molecule has 23 heavy (non-hydrogen) atoms. The lowest BCUT2D eigenvalue weighted by Crippen LogP contribution is -2.26. The molecular formula is C17H23N3O3. The number of rotatable bonds is 8. The van der Waals surface area contributed by atoms with Gasteiger partial charge in [-0.25, -0.2) is 4.52 Å². The van der Waals surface area contributed by atoms with Gasteiger partial charge in [-0.1, -0.05) is 0 Å². The molecular weight excluding hydrogens is 294 g/mol. The summed E-state index contributed by atoms with van der Waals surface area (Å²) in [4.78, 5) is 13.4. The Bertz CT molecular complexity index is 668. The first-order chi connectivity index (χ1) is 11.3. The summed E-state index contributed by atoms with van der Waals surface area (Å²) in [7, 11) is 0. The molecule has 1 aliphatic heterocycles. The molecule has 0 radical (unpaired) electrons. The lowest BCUT2D eigenvalue weighted by Gasteiger charge is -2.15. The number of hydrogen-bond donors (Lipinski definition) is 0. The standard InChI is InChI=1S/C17H23N3O3/c1-2-22-13-14-11-18-20-12-15(6-7-16(14)20)23-10-4-9-19-8-3-5-17(19)21/h6-7,11-12H,2-5,8-10,13H2,1H3. The minimum absolute atomic E-state index is 0.268. The Morgan fingerprint density at radius 1 is 1.35 bits per heavy atom. The second-order valence-electron chi connectivity index (χ2n) is 5.69. The molecule has 0 bridgehead atoms. The molecule has 1 fully saturated rings. The third-order valence-corrected chi connectivity index (χ3v) is 4.04. The molecule has 3 heterocycles. The fourth-order valence-corrected chi connectivity index (χ4v) is 2.81. The van der Waals surface area contributed by atoms with Crippen molar-refractivity contribution in [2.75, 3.05) is 26.3 Å². The van der Waals surface area contributed by atoms with E-state index in [1.807, 2.05) is 40.9 Å². The van der Waals surface area contributed by atoms with E-state index in [4.69, 9.17) is 9.47 Å². The van der Waals surface area contributed by atoms with Gasteiger partial charge in [-0.15, -0.1) is 0 Å². The zero-order valence-electron chi connectivity index (χ0n) is 13.5. The van der Waals surface area contributed by atoms with E-state index in [0.29, 0.717) is 26.2 Å². The van der Waals surface area contributed by atoms with Crippen molar-refractivity contribution >= 4 is 11.4 Å². The second-order valence-corrected chi connectivity index (χ2v) is 5.69. The number of pyridine rings is 1. The van der Waals surface area contributed by atoms with E-state index in [0.717, 1.165) is 42.8 Å². The van der Waals surface area contributed by atoms with Crippen molar-refractivity contribution in [1.29, 1.82) is 0 Å². The Labute approximate surface area is 136 Å². The van der Waals surface area contributed by atoms with Gasteiger partial charge in [0, 0.05) is 31.7 Å². The fraction of sp³-hybridized carbons (Fsp3) is 0.529. The Morgan fingerprint density at radius 2 is 2.26 bits per heavy atom. The summed E-state index contributed by atoms with van der Waals surface area (Å²) in [5.74, 6) is 1.06. The number of likely N-dealkylation sites (tertiary alicyclic amines) is 1. The molecule has 124 valence electrons. The minimum atomic E-state index is 0.268. The topological polar surface area (TPSA) is 56.1 Å². The van der Waals surface area contributed by atoms with Crippen LogP contribution in [0.1, 0.15) is 31.7 Å². The van der Waals surface area contributed by atoms with Crippen LogP contribution < -0.4 is 4.74 Å². The fourth-order valence-electron chi connectivity index (χ4n) is 2.81. The highest BCUT2D eigenvalue weighted by atomic mass is 16.5. The van der Waals surface area contributed by atoms with Crippen LogP contribution in [0, 0.1) is 0 Å². The summed E-state index contributed by atoms with van der Waals surface area (Å²) in [6, 6.07) is 3.95. The Hall–Kier alpha value is -2.08. The zero-order chi connectivity index (χ0) is 16.1. The maximum absolute atomic E-state index is 11.5. The third kappa shape index (κ3) is 3.82. The van der Waals surface area contributed by atoms with Crippen molar-refractivity contribution in [2.45, 2.75) is 32.8 Å². The van der Waals surface area contributed by atoms with E-state index in [2.05, 4.69) is 5.10 Å². The van der Waals surface area contributed by atoms with E-state index in [1.165, 1.54) is 0 Å². The number of carbonyl (C=O) groups is 1. The molecule has 0 atom stereocenters. The lowest BCUT2D eigenvalue weighted by atomic mass is 10.3. The van der Waals surface area contributed by atoms with Crippen LogP contribution in [0.4, 0.5) is 0 Å². The molecule has 6 heteroatoms. The molecule has 0 saturated carbocycles. The van der Waals surface area contributed by atoms with Gasteiger partial charge in [0.1, 0.15) is 5.75 Å². The minimum Gasteiger partial charge on any atom is -0.492 e. The summed E-state index contributed by atoms with van der Waals surface area (Å²) < 4.78 is 13.0. The predicted octanol–water partition coefficient (Wildman–Crippen LogP) is 2.26. The van der Waals surface area contributed by atoms with E-state index in [-0.39, 0.29) is 5.91 Å². The SMILES string of the molecule is CCOCc1cnn2cc(OCCCN3CCCC3=O)ccc12. The van der Waals surface area contributed by atoms with Crippen molar-refractivity contribution < 1.29 is 14.3 Å². The van der Waals surface area contributed by atoms with Crippen LogP contribution in [-0.4, -0.2) is 46.7 Å². The van der Waals surface area contributed by atoms with Crippen LogP contribution in [-0.2, 0) is 16.1 Å². The maximum Gasteiger partial charge on any atom is 0.222 e. The summed E-state index contributed by atoms with van der Waals surface area (Å²) in [5.41, 5.74) is 2.11. The molecule has 2 aromatic rings. The number of aromatic nitrogens is 2. The molecule has 6 nitrogen and oxygen atoms in total. The van der Waals surface area contributed by atoms with Crippen molar-refractivity contribution in [3.05, 3.63) is 30.1 Å². The number of nitrogens with zero attached hydrogens (tertiary/aromatic N) is 3. The van der Waals surface area contributed by atoms with Gasteiger partial charge in [-0.3, -0.25) is 4.79 Å². The lowest BCUT2D eigenvalue weighted by molar-refractivity contribution is -0.127. The summed E-state index contributed by atoms with van der Waals surface area (Å²) in [6.45, 7) is 5.51. The molecule has 1 saturated heterocycles. The second kappa shape index (κ2) is 7.46. The summed E-state index contributed by atoms with van der Waals surface area (Å²) in [6.07, 6.45) is 6.23. The van der Waals surface area contributed by atoms with E-state index in [1.54, 1.807) is 0 Å². The van der Waals surface area contributed by atoms with Crippen LogP contribution in [0.15, 0.2) is 24.5 Å². The first-order valence-electron chi connectivity index (χ1n) is 8.22. The third-order valence-electron chi connectivity index (χ3n) is 4.04. The largest absolute Gasteiger partial charge is 0.492 e. The quantitative estimate of drug-likeness (QED) is 0.701. The van der Waals surface area contributed by atoms with Crippen LogP contribution in [0.2, 0.25) is 0 Å². The average molecular weight is 317 g/mol. The molecule has 1 aliphatic rings. The smallest absolute Gasteiger partial charge is 0.222 e. The molecule has 3 rings (SSSR count). The normalized spacial score (nSPS) is 14.8. The molecule has 0 aromatic carbocycles. The highest BCUT2D eigenvalue weighted by molar-refractivity contribution is 5.77. The van der Waals surface area contributed by atoms with Gasteiger partial charge in [-0.2, -0.15) is 5.10 Å². The van der Waals surface area contributed by atoms with E-state index >= 15 is 0 Å². The number of fused-ring (bicyclic) bond motifs is 1. The van der Waals surface area contributed by atoms with Crippen LogP contribution in [0.25, 0.3) is 5.52 Å². The van der Waals surface area contributed by atoms with Gasteiger partial charge in [-0.05, 0) is 31.9 Å². The monoisotopic (exact) mass is 317 g/mol. The Kier molecular flexibility index (Phi) is 5.12. The first-order valence-corrected chi connectivity index (χ1v) is 8.22. The van der Waals surface area contributed by atoms with Gasteiger partial charge < -0.3 is 14.4 Å². The molecule has 1 amide bonds. The van der Waals surface area contributed by atoms with E-state index < -0.39 is 0 Å². The Balaban J connectivity index is 1.51. The number of ether oxygens (including phenoxy) is 2. The van der Waals surface area contributed by atoms with E-state index in [9.17, 15) is 4.79 Å². The van der Waals surface area contributed by atoms with Crippen molar-refractivity contribution in [3.8, 4) is 5.75 Å². The highest BCUT2D eigenvalue weighted by Crippen LogP contribution is 2.17. The predicted molar refractivity (Wildman–Crippen MR) is 86.4 cm³/mol. The molecule has 0 aliphatic carbocycles. The van der Waals surface area contributed by atoms with Crippen LogP contribution in [0.3, 0.4) is 0 Å². The molecule has 0 spiro atoms. The highest BCUT2D eigenvalue weighted by Gasteiger charge is 2.19. The zero-order valence-corrected chi connectivity index (χ0v) is 13.5. The average Bonchev–Trinajstić information content (AvgIpc) is 3.15. The number of hydrogen-bond acceptors (Lipinski definition) is 4. The van der Waals surface area contributed by atoms with Gasteiger partial charge >= 0.3 is 0 Å². The van der Waals surface area contributed by atoms with Gasteiger partial charge in [0.05, 0.1) is 31.1 Å².